The van der Waals surface area contributed by atoms with Gasteiger partial charge in [-0.15, -0.1) is 10.2 Å². The van der Waals surface area contributed by atoms with Crippen molar-refractivity contribution in [2.24, 2.45) is 0 Å². The summed E-state index contributed by atoms with van der Waals surface area (Å²) in [5, 5.41) is 15.1. The van der Waals surface area contributed by atoms with Crippen molar-refractivity contribution in [3.05, 3.63) is 60.1 Å². The Morgan fingerprint density at radius 2 is 2.22 bits per heavy atom. The van der Waals surface area contributed by atoms with E-state index in [1.54, 1.807) is 22.7 Å². The molecule has 0 bridgehead atoms. The monoisotopic (exact) mass is 363 g/mol. The van der Waals surface area contributed by atoms with E-state index in [9.17, 15) is 4.79 Å². The van der Waals surface area contributed by atoms with E-state index in [1.807, 2.05) is 18.3 Å². The fourth-order valence-electron chi connectivity index (χ4n) is 2.65. The van der Waals surface area contributed by atoms with Crippen molar-refractivity contribution in [2.75, 3.05) is 0 Å². The number of rotatable bonds is 6. The van der Waals surface area contributed by atoms with Crippen molar-refractivity contribution in [1.29, 1.82) is 0 Å². The van der Waals surface area contributed by atoms with E-state index in [2.05, 4.69) is 37.6 Å². The van der Waals surface area contributed by atoms with Crippen LogP contribution in [0.4, 0.5) is 0 Å². The Hall–Kier alpha value is -3.62. The number of amides is 1. The lowest BCUT2D eigenvalue weighted by atomic mass is 10.2. The number of aromatic nitrogens is 6. The SMILES string of the molecule is CCCc1noc(-c2ccn3c(CNC(=O)c4cccnc4)nnc3c2)n1. The lowest BCUT2D eigenvalue weighted by Gasteiger charge is -2.04. The van der Waals surface area contributed by atoms with Crippen molar-refractivity contribution in [3.63, 3.8) is 0 Å². The number of hydrogen-bond acceptors (Lipinski definition) is 7. The molecule has 9 nitrogen and oxygen atoms in total. The minimum Gasteiger partial charge on any atom is -0.345 e. The third kappa shape index (κ3) is 3.52. The fourth-order valence-corrected chi connectivity index (χ4v) is 2.65. The minimum atomic E-state index is -0.217. The normalized spacial score (nSPS) is 11.0. The number of nitrogens with one attached hydrogen (secondary N) is 1. The Kier molecular flexibility index (Phi) is 4.56. The zero-order valence-corrected chi connectivity index (χ0v) is 14.7. The van der Waals surface area contributed by atoms with E-state index in [4.69, 9.17) is 4.52 Å². The van der Waals surface area contributed by atoms with Gasteiger partial charge in [0.15, 0.2) is 17.3 Å². The first-order chi connectivity index (χ1) is 13.2. The first-order valence-corrected chi connectivity index (χ1v) is 8.59. The number of aryl methyl sites for hydroxylation is 1. The molecule has 0 radical (unpaired) electrons. The molecule has 0 aromatic carbocycles. The van der Waals surface area contributed by atoms with Gasteiger partial charge in [0.1, 0.15) is 0 Å². The Bertz CT molecular complexity index is 1070. The van der Waals surface area contributed by atoms with Crippen LogP contribution in [-0.2, 0) is 13.0 Å². The molecule has 0 saturated carbocycles. The zero-order chi connectivity index (χ0) is 18.6. The van der Waals surface area contributed by atoms with Crippen molar-refractivity contribution in [1.82, 2.24) is 35.0 Å². The standard InChI is InChI=1S/C18H17N7O2/c1-2-4-14-21-18(27-24-14)12-6-8-25-15(9-12)22-23-16(25)11-20-17(26)13-5-3-7-19-10-13/h3,5-10H,2,4,11H2,1H3,(H,20,26). The highest BCUT2D eigenvalue weighted by Crippen LogP contribution is 2.19. The van der Waals surface area contributed by atoms with Gasteiger partial charge in [-0.2, -0.15) is 4.98 Å². The van der Waals surface area contributed by atoms with Crippen molar-refractivity contribution < 1.29 is 9.32 Å². The fraction of sp³-hybridized carbons (Fsp3) is 0.222. The molecule has 4 aromatic heterocycles. The third-order valence-electron chi connectivity index (χ3n) is 4.00. The number of fused-ring (bicyclic) bond motifs is 1. The van der Waals surface area contributed by atoms with Crippen LogP contribution >= 0.6 is 0 Å². The van der Waals surface area contributed by atoms with Crippen LogP contribution in [0.3, 0.4) is 0 Å². The molecule has 27 heavy (non-hydrogen) atoms. The van der Waals surface area contributed by atoms with Crippen molar-refractivity contribution in [2.45, 2.75) is 26.3 Å². The Morgan fingerprint density at radius 1 is 1.30 bits per heavy atom. The lowest BCUT2D eigenvalue weighted by molar-refractivity contribution is 0.0949. The van der Waals surface area contributed by atoms with Crippen LogP contribution in [0.15, 0.2) is 47.4 Å². The van der Waals surface area contributed by atoms with Crippen LogP contribution in [0.25, 0.3) is 17.1 Å². The van der Waals surface area contributed by atoms with Crippen LogP contribution in [-0.4, -0.2) is 35.6 Å². The molecule has 0 aliphatic rings. The second kappa shape index (κ2) is 7.32. The molecule has 0 atom stereocenters. The number of nitrogens with zero attached hydrogens (tertiary/aromatic N) is 6. The Balaban J connectivity index is 1.51. The van der Waals surface area contributed by atoms with E-state index in [0.717, 1.165) is 18.4 Å². The van der Waals surface area contributed by atoms with Gasteiger partial charge in [-0.25, -0.2) is 0 Å². The topological polar surface area (TPSA) is 111 Å². The molecule has 0 aliphatic carbocycles. The lowest BCUT2D eigenvalue weighted by Crippen LogP contribution is -2.24. The first kappa shape index (κ1) is 16.8. The van der Waals surface area contributed by atoms with E-state index >= 15 is 0 Å². The highest BCUT2D eigenvalue weighted by atomic mass is 16.5. The van der Waals surface area contributed by atoms with Gasteiger partial charge in [-0.1, -0.05) is 12.1 Å². The second-order valence-corrected chi connectivity index (χ2v) is 5.95. The molecular formula is C18H17N7O2. The van der Waals surface area contributed by atoms with Gasteiger partial charge in [0.25, 0.3) is 11.8 Å². The molecular weight excluding hydrogens is 346 g/mol. The Labute approximate surface area is 154 Å². The van der Waals surface area contributed by atoms with Crippen molar-refractivity contribution in [3.8, 4) is 11.5 Å². The molecule has 1 amide bonds. The van der Waals surface area contributed by atoms with Gasteiger partial charge in [0.05, 0.1) is 12.1 Å². The predicted molar refractivity (Wildman–Crippen MR) is 95.7 cm³/mol. The minimum absolute atomic E-state index is 0.217. The van der Waals surface area contributed by atoms with Gasteiger partial charge >= 0.3 is 0 Å². The Morgan fingerprint density at radius 3 is 3.04 bits per heavy atom. The van der Waals surface area contributed by atoms with Gasteiger partial charge < -0.3 is 9.84 Å². The summed E-state index contributed by atoms with van der Waals surface area (Å²) in [6.45, 7) is 2.31. The van der Waals surface area contributed by atoms with E-state index < -0.39 is 0 Å². The number of carbonyl (C=O) groups is 1. The maximum Gasteiger partial charge on any atom is 0.258 e. The summed E-state index contributed by atoms with van der Waals surface area (Å²) in [5.74, 6) is 1.54. The highest BCUT2D eigenvalue weighted by Gasteiger charge is 2.13. The smallest absolute Gasteiger partial charge is 0.258 e. The molecule has 0 fully saturated rings. The van der Waals surface area contributed by atoms with Crippen molar-refractivity contribution >= 4 is 11.6 Å². The van der Waals surface area contributed by atoms with E-state index in [-0.39, 0.29) is 12.5 Å². The van der Waals surface area contributed by atoms with Crippen LogP contribution in [0, 0.1) is 0 Å². The molecule has 0 saturated heterocycles. The summed E-state index contributed by atoms with van der Waals surface area (Å²) in [4.78, 5) is 20.5. The molecule has 4 aromatic rings. The molecule has 4 heterocycles. The molecule has 0 aliphatic heterocycles. The maximum absolute atomic E-state index is 12.1. The largest absolute Gasteiger partial charge is 0.345 e. The quantitative estimate of drug-likeness (QED) is 0.558. The summed E-state index contributed by atoms with van der Waals surface area (Å²) < 4.78 is 7.11. The number of pyridine rings is 2. The summed E-state index contributed by atoms with van der Waals surface area (Å²) >= 11 is 0. The molecule has 0 unspecified atom stereocenters. The molecule has 1 N–H and O–H groups in total. The number of carbonyl (C=O) groups excluding carboxylic acids is 1. The van der Waals surface area contributed by atoms with Crippen LogP contribution < -0.4 is 5.32 Å². The number of hydrogen-bond donors (Lipinski definition) is 1. The molecule has 9 heteroatoms. The van der Waals surface area contributed by atoms with E-state index in [1.165, 1.54) is 6.20 Å². The van der Waals surface area contributed by atoms with Gasteiger partial charge in [-0.05, 0) is 30.7 Å². The molecule has 4 rings (SSSR count). The average molecular weight is 363 g/mol. The van der Waals surface area contributed by atoms with E-state index in [0.29, 0.717) is 28.8 Å². The van der Waals surface area contributed by atoms with Gasteiger partial charge in [-0.3, -0.25) is 14.2 Å². The van der Waals surface area contributed by atoms with Gasteiger partial charge in [0, 0.05) is 30.6 Å². The molecule has 0 spiro atoms. The predicted octanol–water partition coefficient (Wildman–Crippen LogP) is 2.06. The first-order valence-electron chi connectivity index (χ1n) is 8.59. The summed E-state index contributed by atoms with van der Waals surface area (Å²) in [7, 11) is 0. The molecule has 136 valence electrons. The van der Waals surface area contributed by atoms with Crippen LogP contribution in [0.1, 0.15) is 35.4 Å². The summed E-state index contributed by atoms with van der Waals surface area (Å²) in [5.41, 5.74) is 1.90. The third-order valence-corrected chi connectivity index (χ3v) is 4.00. The highest BCUT2D eigenvalue weighted by molar-refractivity contribution is 5.93. The van der Waals surface area contributed by atoms with Crippen LogP contribution in [0.2, 0.25) is 0 Å². The van der Waals surface area contributed by atoms with Crippen LogP contribution in [0.5, 0.6) is 0 Å². The maximum atomic E-state index is 12.1. The summed E-state index contributed by atoms with van der Waals surface area (Å²) in [6.07, 6.45) is 6.68. The average Bonchev–Trinajstić information content (AvgIpc) is 3.33. The zero-order valence-electron chi connectivity index (χ0n) is 14.7. The second-order valence-electron chi connectivity index (χ2n) is 5.95. The van der Waals surface area contributed by atoms with Gasteiger partial charge in [0.2, 0.25) is 0 Å². The summed E-state index contributed by atoms with van der Waals surface area (Å²) in [6, 6.07) is 7.09.